The molecule has 1 aromatic carbocycles. The third-order valence-electron chi connectivity index (χ3n) is 6.63. The molecular formula is C26H30O10. The van der Waals surface area contributed by atoms with E-state index in [0.717, 1.165) is 6.08 Å². The van der Waals surface area contributed by atoms with E-state index in [1.165, 1.54) is 24.3 Å². The third-order valence-corrected chi connectivity index (χ3v) is 6.63. The minimum Gasteiger partial charge on any atom is -0.481 e. The predicted molar refractivity (Wildman–Crippen MR) is 123 cm³/mol. The highest BCUT2D eigenvalue weighted by molar-refractivity contribution is 5.81. The first-order valence-electron chi connectivity index (χ1n) is 12.0. The van der Waals surface area contributed by atoms with Gasteiger partial charge in [-0.25, -0.2) is 4.79 Å². The maximum absolute atomic E-state index is 12.5. The number of ether oxygens (including phenoxy) is 4. The zero-order chi connectivity index (χ0) is 26.1. The van der Waals surface area contributed by atoms with Crippen LogP contribution in [0.4, 0.5) is 0 Å². The molecule has 2 aliphatic rings. The van der Waals surface area contributed by atoms with Crippen LogP contribution in [0, 0.1) is 23.7 Å². The molecule has 10 heteroatoms. The second-order valence-corrected chi connectivity index (χ2v) is 9.00. The van der Waals surface area contributed by atoms with Gasteiger partial charge in [-0.15, -0.1) is 0 Å². The van der Waals surface area contributed by atoms with E-state index in [0.29, 0.717) is 62.9 Å². The molecule has 0 atom stereocenters. The van der Waals surface area contributed by atoms with Crippen LogP contribution < -0.4 is 9.47 Å². The fourth-order valence-corrected chi connectivity index (χ4v) is 4.44. The topological polar surface area (TPSA) is 142 Å². The van der Waals surface area contributed by atoms with Crippen LogP contribution in [-0.2, 0) is 33.4 Å². The van der Waals surface area contributed by atoms with Gasteiger partial charge in [0.05, 0.1) is 23.7 Å². The summed E-state index contributed by atoms with van der Waals surface area (Å²) in [6, 6.07) is 6.15. The molecule has 2 aliphatic carbocycles. The fraction of sp³-hybridized carbons (Fsp3) is 0.500. The Morgan fingerprint density at radius 3 is 1.47 bits per heavy atom. The van der Waals surface area contributed by atoms with E-state index in [2.05, 4.69) is 11.3 Å². The maximum atomic E-state index is 12.5. The van der Waals surface area contributed by atoms with Crippen LogP contribution >= 0.6 is 0 Å². The summed E-state index contributed by atoms with van der Waals surface area (Å²) in [5.41, 5.74) is 0. The average Bonchev–Trinajstić information content (AvgIpc) is 2.89. The number of carbonyl (C=O) groups is 5. The van der Waals surface area contributed by atoms with Gasteiger partial charge in [-0.3, -0.25) is 19.2 Å². The fourth-order valence-electron chi connectivity index (χ4n) is 4.44. The standard InChI is InChI=1S/C26H30O10/c1-2-22(27)33-15-34-24(30)17-7-9-19(10-8-17)26(32)36-21-13-11-20(12-14-21)35-25(31)18-5-3-16(4-6-18)23(28)29/h2,11-14,16-19H,1,3-10,15H2,(H,28,29). The van der Waals surface area contributed by atoms with Crippen LogP contribution in [0.25, 0.3) is 0 Å². The van der Waals surface area contributed by atoms with Gasteiger partial charge in [0.25, 0.3) is 0 Å². The number of esters is 4. The molecule has 10 nitrogen and oxygen atoms in total. The molecule has 1 aromatic rings. The van der Waals surface area contributed by atoms with Gasteiger partial charge < -0.3 is 24.1 Å². The van der Waals surface area contributed by atoms with Crippen molar-refractivity contribution in [1.29, 1.82) is 0 Å². The first-order chi connectivity index (χ1) is 17.3. The van der Waals surface area contributed by atoms with Crippen LogP contribution in [0.1, 0.15) is 51.4 Å². The summed E-state index contributed by atoms with van der Waals surface area (Å²) in [5, 5.41) is 9.07. The zero-order valence-corrected chi connectivity index (χ0v) is 19.9. The third kappa shape index (κ3) is 7.66. The normalized spacial score (nSPS) is 23.6. The van der Waals surface area contributed by atoms with Gasteiger partial charge in [0.2, 0.25) is 6.79 Å². The van der Waals surface area contributed by atoms with Crippen molar-refractivity contribution in [3.8, 4) is 11.5 Å². The monoisotopic (exact) mass is 502 g/mol. The van der Waals surface area contributed by atoms with Crippen molar-refractivity contribution in [1.82, 2.24) is 0 Å². The van der Waals surface area contributed by atoms with Gasteiger partial charge >= 0.3 is 29.8 Å². The number of aliphatic carboxylic acids is 1. The highest BCUT2D eigenvalue weighted by Crippen LogP contribution is 2.32. The van der Waals surface area contributed by atoms with E-state index in [9.17, 15) is 24.0 Å². The van der Waals surface area contributed by atoms with Crippen LogP contribution in [0.5, 0.6) is 11.5 Å². The lowest BCUT2D eigenvalue weighted by Crippen LogP contribution is -2.30. The molecule has 0 aromatic heterocycles. The summed E-state index contributed by atoms with van der Waals surface area (Å²) in [6.45, 7) is 2.78. The van der Waals surface area contributed by atoms with Crippen molar-refractivity contribution in [2.75, 3.05) is 6.79 Å². The Labute approximate surface area is 208 Å². The van der Waals surface area contributed by atoms with Crippen LogP contribution in [-0.4, -0.2) is 41.7 Å². The summed E-state index contributed by atoms with van der Waals surface area (Å²) in [5.74, 6) is -3.60. The van der Waals surface area contributed by atoms with E-state index in [4.69, 9.17) is 19.3 Å². The number of hydrogen-bond donors (Lipinski definition) is 1. The number of rotatable bonds is 9. The van der Waals surface area contributed by atoms with Crippen LogP contribution in [0.15, 0.2) is 36.9 Å². The van der Waals surface area contributed by atoms with Gasteiger partial charge in [-0.1, -0.05) is 6.58 Å². The van der Waals surface area contributed by atoms with Crippen LogP contribution in [0.3, 0.4) is 0 Å². The molecule has 0 radical (unpaired) electrons. The molecule has 1 N–H and O–H groups in total. The molecule has 0 bridgehead atoms. The number of carbonyl (C=O) groups excluding carboxylic acids is 4. The Morgan fingerprint density at radius 2 is 1.08 bits per heavy atom. The molecule has 2 fully saturated rings. The largest absolute Gasteiger partial charge is 0.481 e. The van der Waals surface area contributed by atoms with Crippen molar-refractivity contribution < 1.29 is 48.0 Å². The second-order valence-electron chi connectivity index (χ2n) is 9.00. The molecule has 2 saturated carbocycles. The van der Waals surface area contributed by atoms with Crippen molar-refractivity contribution in [3.63, 3.8) is 0 Å². The Morgan fingerprint density at radius 1 is 0.694 bits per heavy atom. The van der Waals surface area contributed by atoms with Gasteiger partial charge in [-0.05, 0) is 75.6 Å². The minimum atomic E-state index is -0.828. The lowest BCUT2D eigenvalue weighted by atomic mass is 9.82. The van der Waals surface area contributed by atoms with Gasteiger partial charge in [0, 0.05) is 6.08 Å². The number of carboxylic acids is 1. The first-order valence-corrected chi connectivity index (χ1v) is 12.0. The summed E-state index contributed by atoms with van der Waals surface area (Å²) in [4.78, 5) is 59.0. The molecule has 0 unspecified atom stereocenters. The Kier molecular flexibility index (Phi) is 9.61. The quantitative estimate of drug-likeness (QED) is 0.231. The van der Waals surface area contributed by atoms with E-state index in [1.54, 1.807) is 0 Å². The van der Waals surface area contributed by atoms with Gasteiger partial charge in [0.15, 0.2) is 0 Å². The SMILES string of the molecule is C=CC(=O)OCOC(=O)C1CCC(C(=O)Oc2ccc(OC(=O)C3CCC(C(=O)O)CC3)cc2)CC1. The number of hydrogen-bond acceptors (Lipinski definition) is 9. The van der Waals surface area contributed by atoms with Crippen molar-refractivity contribution in [3.05, 3.63) is 36.9 Å². The van der Waals surface area contributed by atoms with E-state index in [-0.39, 0.29) is 17.8 Å². The molecule has 3 rings (SSSR count). The molecular weight excluding hydrogens is 472 g/mol. The average molecular weight is 503 g/mol. The first kappa shape index (κ1) is 26.9. The van der Waals surface area contributed by atoms with E-state index < -0.39 is 42.6 Å². The predicted octanol–water partition coefficient (Wildman–Crippen LogP) is 3.42. The number of benzene rings is 1. The lowest BCUT2D eigenvalue weighted by Gasteiger charge is -2.25. The minimum absolute atomic E-state index is 0.312. The lowest BCUT2D eigenvalue weighted by molar-refractivity contribution is -0.169. The summed E-state index contributed by atoms with van der Waals surface area (Å²) in [7, 11) is 0. The Balaban J connectivity index is 1.39. The summed E-state index contributed by atoms with van der Waals surface area (Å²) >= 11 is 0. The van der Waals surface area contributed by atoms with E-state index in [1.807, 2.05) is 0 Å². The van der Waals surface area contributed by atoms with Crippen molar-refractivity contribution in [2.45, 2.75) is 51.4 Å². The van der Waals surface area contributed by atoms with Crippen molar-refractivity contribution in [2.24, 2.45) is 23.7 Å². The second kappa shape index (κ2) is 12.9. The Bertz CT molecular complexity index is 967. The number of carboxylic acid groups (broad SMARTS) is 1. The van der Waals surface area contributed by atoms with Gasteiger partial charge in [-0.2, -0.15) is 0 Å². The molecule has 0 saturated heterocycles. The summed E-state index contributed by atoms with van der Waals surface area (Å²) in [6.07, 6.45) is 4.69. The molecule has 0 amide bonds. The zero-order valence-electron chi connectivity index (χ0n) is 19.9. The van der Waals surface area contributed by atoms with Crippen LogP contribution in [0.2, 0.25) is 0 Å². The van der Waals surface area contributed by atoms with E-state index >= 15 is 0 Å². The smallest absolute Gasteiger partial charge is 0.333 e. The molecule has 194 valence electrons. The molecule has 0 spiro atoms. The highest BCUT2D eigenvalue weighted by atomic mass is 16.7. The molecule has 0 aliphatic heterocycles. The summed E-state index contributed by atoms with van der Waals surface area (Å²) < 4.78 is 20.4. The molecule has 0 heterocycles. The molecule has 36 heavy (non-hydrogen) atoms. The highest BCUT2D eigenvalue weighted by Gasteiger charge is 2.33. The Hall–Kier alpha value is -3.69. The van der Waals surface area contributed by atoms with Gasteiger partial charge in [0.1, 0.15) is 11.5 Å². The van der Waals surface area contributed by atoms with Crippen molar-refractivity contribution >= 4 is 29.8 Å². The maximum Gasteiger partial charge on any atom is 0.333 e.